The van der Waals surface area contributed by atoms with Crippen LogP contribution in [0, 0.1) is 16.0 Å². The molecule has 0 aliphatic carbocycles. The minimum atomic E-state index is -0.996. The summed E-state index contributed by atoms with van der Waals surface area (Å²) in [5, 5.41) is 22.8. The number of rotatable bonds is 7. The van der Waals surface area contributed by atoms with Crippen molar-refractivity contribution in [3.63, 3.8) is 0 Å². The lowest BCUT2D eigenvalue weighted by Crippen LogP contribution is -2.30. The Morgan fingerprint density at radius 1 is 1.45 bits per heavy atom. The van der Waals surface area contributed by atoms with E-state index in [1.165, 1.54) is 25.3 Å². The van der Waals surface area contributed by atoms with Crippen LogP contribution in [-0.4, -0.2) is 29.2 Å². The quantitative estimate of drug-likeness (QED) is 0.588. The Balaban J connectivity index is 3.02. The summed E-state index contributed by atoms with van der Waals surface area (Å²) in [6.45, 7) is 3.82. The van der Waals surface area contributed by atoms with E-state index in [1.807, 2.05) is 13.8 Å². The van der Waals surface area contributed by atoms with Gasteiger partial charge in [0.1, 0.15) is 11.8 Å². The molecule has 1 atom stereocenters. The van der Waals surface area contributed by atoms with Gasteiger partial charge in [-0.25, -0.2) is 4.79 Å². The van der Waals surface area contributed by atoms with E-state index >= 15 is 0 Å². The summed E-state index contributed by atoms with van der Waals surface area (Å²) in [6.07, 6.45) is 0.417. The fraction of sp³-hybridized carbons (Fsp3) is 0.462. The van der Waals surface area contributed by atoms with Crippen LogP contribution >= 0.6 is 0 Å². The van der Waals surface area contributed by atoms with Crippen LogP contribution < -0.4 is 10.1 Å². The van der Waals surface area contributed by atoms with Crippen LogP contribution in [0.25, 0.3) is 0 Å². The van der Waals surface area contributed by atoms with E-state index in [1.54, 1.807) is 0 Å². The predicted octanol–water partition coefficient (Wildman–Crippen LogP) is 2.51. The van der Waals surface area contributed by atoms with Gasteiger partial charge in [0.2, 0.25) is 0 Å². The molecule has 0 saturated heterocycles. The Bertz CT molecular complexity index is 502. The highest BCUT2D eigenvalue weighted by atomic mass is 16.6. The number of hydrogen-bond donors (Lipinski definition) is 2. The molecule has 0 amide bonds. The first kappa shape index (κ1) is 15.7. The number of carboxylic acids is 1. The molecule has 0 fully saturated rings. The molecule has 2 N–H and O–H groups in total. The number of nitro groups is 1. The number of carbonyl (C=O) groups is 1. The van der Waals surface area contributed by atoms with Crippen LogP contribution in [0.2, 0.25) is 0 Å². The van der Waals surface area contributed by atoms with Crippen molar-refractivity contribution in [3.8, 4) is 5.75 Å². The molecule has 0 radical (unpaired) electrons. The van der Waals surface area contributed by atoms with Gasteiger partial charge < -0.3 is 15.2 Å². The van der Waals surface area contributed by atoms with Gasteiger partial charge in [-0.05, 0) is 12.3 Å². The molecule has 110 valence electrons. The van der Waals surface area contributed by atoms with Crippen LogP contribution in [0.4, 0.5) is 11.4 Å². The van der Waals surface area contributed by atoms with Crippen LogP contribution in [0.3, 0.4) is 0 Å². The molecular formula is C13H18N2O5. The molecule has 7 heteroatoms. The molecule has 0 spiro atoms. The number of nitrogens with one attached hydrogen (secondary N) is 1. The van der Waals surface area contributed by atoms with Gasteiger partial charge in [-0.1, -0.05) is 13.8 Å². The van der Waals surface area contributed by atoms with Crippen molar-refractivity contribution >= 4 is 17.3 Å². The monoisotopic (exact) mass is 282 g/mol. The molecule has 0 saturated carbocycles. The lowest BCUT2D eigenvalue weighted by atomic mass is 10.0. The number of aliphatic carboxylic acids is 1. The second-order valence-corrected chi connectivity index (χ2v) is 4.84. The zero-order valence-electron chi connectivity index (χ0n) is 11.6. The Morgan fingerprint density at radius 2 is 2.10 bits per heavy atom. The second-order valence-electron chi connectivity index (χ2n) is 4.84. The summed E-state index contributed by atoms with van der Waals surface area (Å²) in [7, 11) is 1.39. The van der Waals surface area contributed by atoms with Crippen molar-refractivity contribution < 1.29 is 19.6 Å². The predicted molar refractivity (Wildman–Crippen MR) is 74.1 cm³/mol. The average Bonchev–Trinajstić information content (AvgIpc) is 2.36. The Kier molecular flexibility index (Phi) is 5.31. The third-order valence-electron chi connectivity index (χ3n) is 2.68. The summed E-state index contributed by atoms with van der Waals surface area (Å²) >= 11 is 0. The molecule has 0 aromatic heterocycles. The minimum absolute atomic E-state index is 0.152. The number of anilines is 1. The smallest absolute Gasteiger partial charge is 0.326 e. The number of non-ortho nitro benzene ring substituents is 1. The van der Waals surface area contributed by atoms with E-state index in [0.717, 1.165) is 0 Å². The first-order valence-corrected chi connectivity index (χ1v) is 6.16. The van der Waals surface area contributed by atoms with Gasteiger partial charge in [0.25, 0.3) is 5.69 Å². The number of hydrogen-bond acceptors (Lipinski definition) is 5. The second kappa shape index (κ2) is 6.74. The zero-order chi connectivity index (χ0) is 15.3. The molecule has 1 rings (SSSR count). The molecular weight excluding hydrogens is 264 g/mol. The lowest BCUT2D eigenvalue weighted by molar-refractivity contribution is -0.384. The summed E-state index contributed by atoms with van der Waals surface area (Å²) in [4.78, 5) is 21.5. The van der Waals surface area contributed by atoms with Crippen molar-refractivity contribution in [2.45, 2.75) is 26.3 Å². The first-order valence-electron chi connectivity index (χ1n) is 6.16. The summed E-state index contributed by atoms with van der Waals surface area (Å²) < 4.78 is 4.98. The highest BCUT2D eigenvalue weighted by Gasteiger charge is 2.20. The van der Waals surface area contributed by atoms with Gasteiger partial charge in [0, 0.05) is 17.8 Å². The zero-order valence-corrected chi connectivity index (χ0v) is 11.6. The molecule has 0 bridgehead atoms. The largest absolute Gasteiger partial charge is 0.496 e. The third kappa shape index (κ3) is 4.42. The van der Waals surface area contributed by atoms with Gasteiger partial charge in [-0.15, -0.1) is 0 Å². The number of nitrogens with zero attached hydrogens (tertiary/aromatic N) is 1. The molecule has 0 aliphatic rings. The van der Waals surface area contributed by atoms with Crippen LogP contribution in [0.1, 0.15) is 20.3 Å². The van der Waals surface area contributed by atoms with Crippen LogP contribution in [-0.2, 0) is 4.79 Å². The summed E-state index contributed by atoms with van der Waals surface area (Å²) in [6, 6.07) is 3.30. The van der Waals surface area contributed by atoms with Crippen molar-refractivity contribution in [3.05, 3.63) is 28.3 Å². The maximum atomic E-state index is 11.2. The van der Waals surface area contributed by atoms with Crippen molar-refractivity contribution in [2.75, 3.05) is 12.4 Å². The van der Waals surface area contributed by atoms with Crippen molar-refractivity contribution in [1.29, 1.82) is 0 Å². The number of ether oxygens (including phenoxy) is 1. The van der Waals surface area contributed by atoms with Gasteiger partial charge in [-0.2, -0.15) is 0 Å². The molecule has 7 nitrogen and oxygen atoms in total. The third-order valence-corrected chi connectivity index (χ3v) is 2.68. The molecule has 1 aromatic rings. The van der Waals surface area contributed by atoms with Gasteiger partial charge in [0.05, 0.1) is 18.1 Å². The summed E-state index contributed by atoms with van der Waals surface area (Å²) in [5.74, 6) is -0.510. The lowest BCUT2D eigenvalue weighted by Gasteiger charge is -2.18. The fourth-order valence-electron chi connectivity index (χ4n) is 1.78. The number of carboxylic acid groups (broad SMARTS) is 1. The fourth-order valence-corrected chi connectivity index (χ4v) is 1.78. The normalized spacial score (nSPS) is 12.0. The van der Waals surface area contributed by atoms with E-state index in [4.69, 9.17) is 9.84 Å². The van der Waals surface area contributed by atoms with Crippen LogP contribution in [0.5, 0.6) is 5.75 Å². The Labute approximate surface area is 116 Å². The Hall–Kier alpha value is -2.31. The van der Waals surface area contributed by atoms with Gasteiger partial charge in [0.15, 0.2) is 0 Å². The number of benzene rings is 1. The summed E-state index contributed by atoms with van der Waals surface area (Å²) in [5.41, 5.74) is 0.199. The van der Waals surface area contributed by atoms with E-state index in [2.05, 4.69) is 5.32 Å². The molecule has 1 unspecified atom stereocenters. The highest BCUT2D eigenvalue weighted by molar-refractivity contribution is 5.77. The molecule has 20 heavy (non-hydrogen) atoms. The van der Waals surface area contributed by atoms with E-state index in [9.17, 15) is 14.9 Å². The SMILES string of the molecule is COc1cc(NC(CC(C)C)C(=O)O)cc([N+](=O)[O-])c1. The molecule has 0 aliphatic heterocycles. The molecule has 0 heterocycles. The Morgan fingerprint density at radius 3 is 2.55 bits per heavy atom. The number of nitro benzene ring substituents is 1. The highest BCUT2D eigenvalue weighted by Crippen LogP contribution is 2.26. The first-order chi connectivity index (χ1) is 9.33. The standard InChI is InChI=1S/C13H18N2O5/c1-8(2)4-12(13(16)17)14-9-5-10(15(18)19)7-11(6-9)20-3/h5-8,12,14H,4H2,1-3H3,(H,16,17). The van der Waals surface area contributed by atoms with Crippen LogP contribution in [0.15, 0.2) is 18.2 Å². The topological polar surface area (TPSA) is 102 Å². The average molecular weight is 282 g/mol. The van der Waals surface area contributed by atoms with Crippen molar-refractivity contribution in [1.82, 2.24) is 0 Å². The molecule has 1 aromatic carbocycles. The number of methoxy groups -OCH3 is 1. The van der Waals surface area contributed by atoms with E-state index < -0.39 is 16.9 Å². The maximum absolute atomic E-state index is 11.2. The van der Waals surface area contributed by atoms with E-state index in [0.29, 0.717) is 17.9 Å². The maximum Gasteiger partial charge on any atom is 0.326 e. The van der Waals surface area contributed by atoms with E-state index in [-0.39, 0.29) is 11.6 Å². The minimum Gasteiger partial charge on any atom is -0.496 e. The van der Waals surface area contributed by atoms with Gasteiger partial charge >= 0.3 is 5.97 Å². The van der Waals surface area contributed by atoms with Crippen molar-refractivity contribution in [2.24, 2.45) is 5.92 Å². The van der Waals surface area contributed by atoms with Gasteiger partial charge in [-0.3, -0.25) is 10.1 Å².